The summed E-state index contributed by atoms with van der Waals surface area (Å²) in [6, 6.07) is 4.01. The fourth-order valence-corrected chi connectivity index (χ4v) is 6.78. The summed E-state index contributed by atoms with van der Waals surface area (Å²) in [4.78, 5) is 58.8. The molecule has 3 N–H and O–H groups in total. The Bertz CT molecular complexity index is 1430. The molecular weight excluding hydrogens is 572 g/mol. The maximum atomic E-state index is 14.1. The molecule has 0 bridgehead atoms. The molecule has 5 rings (SSSR count). The van der Waals surface area contributed by atoms with Gasteiger partial charge < -0.3 is 30.1 Å². The summed E-state index contributed by atoms with van der Waals surface area (Å²) in [5.74, 6) is -2.40. The minimum absolute atomic E-state index is 0.0851. The topological polar surface area (TPSA) is 147 Å². The summed E-state index contributed by atoms with van der Waals surface area (Å²) < 4.78 is 12.6. The van der Waals surface area contributed by atoms with E-state index in [1.807, 2.05) is 37.3 Å². The number of carboxylic acid groups (broad SMARTS) is 1. The number of carbonyl (C=O) groups excluding carboxylic acids is 3. The zero-order valence-electron chi connectivity index (χ0n) is 25.1. The van der Waals surface area contributed by atoms with Crippen LogP contribution in [0.2, 0.25) is 0 Å². The highest BCUT2D eigenvalue weighted by molar-refractivity contribution is 7.20. The van der Waals surface area contributed by atoms with Gasteiger partial charge in [-0.1, -0.05) is 42.4 Å². The second kappa shape index (κ2) is 12.1. The number of aliphatic carboxylic acids is 1. The number of hydrogen-bond donors (Lipinski definition) is 3. The third-order valence-corrected chi connectivity index (χ3v) is 9.01. The minimum atomic E-state index is -1.40. The zero-order chi connectivity index (χ0) is 30.9. The fourth-order valence-electron chi connectivity index (χ4n) is 5.80. The van der Waals surface area contributed by atoms with Gasteiger partial charge in [0.15, 0.2) is 0 Å². The predicted molar refractivity (Wildman–Crippen MR) is 161 cm³/mol. The lowest BCUT2D eigenvalue weighted by Gasteiger charge is -2.30. The quantitative estimate of drug-likeness (QED) is 0.433. The molecular formula is C31H40N4O7S. The molecule has 3 aliphatic rings. The van der Waals surface area contributed by atoms with Gasteiger partial charge in [0.25, 0.3) is 5.19 Å². The summed E-state index contributed by atoms with van der Waals surface area (Å²) in [7, 11) is 0. The molecule has 3 amide bonds. The lowest BCUT2D eigenvalue weighted by atomic mass is 10.0. The molecule has 5 atom stereocenters. The van der Waals surface area contributed by atoms with Gasteiger partial charge in [-0.3, -0.25) is 9.59 Å². The first-order chi connectivity index (χ1) is 20.3. The second-order valence-electron chi connectivity index (χ2n) is 12.8. The van der Waals surface area contributed by atoms with Crippen molar-refractivity contribution in [3.05, 3.63) is 35.9 Å². The molecule has 43 heavy (non-hydrogen) atoms. The Balaban J connectivity index is 1.42. The van der Waals surface area contributed by atoms with E-state index in [9.17, 15) is 24.3 Å². The first-order valence-corrected chi connectivity index (χ1v) is 15.7. The van der Waals surface area contributed by atoms with Gasteiger partial charge in [-0.25, -0.2) is 14.6 Å². The summed E-state index contributed by atoms with van der Waals surface area (Å²) in [6.45, 7) is 7.32. The zero-order valence-corrected chi connectivity index (χ0v) is 25.9. The smallest absolute Gasteiger partial charge is 0.408 e. The Hall–Kier alpha value is -3.67. The number of nitrogens with one attached hydrogen (secondary N) is 2. The van der Waals surface area contributed by atoms with Gasteiger partial charge in [0.05, 0.1) is 16.8 Å². The minimum Gasteiger partial charge on any atom is -0.479 e. The van der Waals surface area contributed by atoms with E-state index in [1.54, 1.807) is 20.8 Å². The van der Waals surface area contributed by atoms with Crippen LogP contribution in [0.4, 0.5) is 4.79 Å². The van der Waals surface area contributed by atoms with Crippen LogP contribution in [0.1, 0.15) is 71.3 Å². The van der Waals surface area contributed by atoms with Crippen molar-refractivity contribution in [3.8, 4) is 5.19 Å². The van der Waals surface area contributed by atoms with Gasteiger partial charge in [0.2, 0.25) is 11.8 Å². The van der Waals surface area contributed by atoms with E-state index in [2.05, 4.69) is 15.6 Å². The van der Waals surface area contributed by atoms with Crippen molar-refractivity contribution in [2.45, 2.75) is 102 Å². The van der Waals surface area contributed by atoms with Crippen LogP contribution in [0.15, 0.2) is 30.4 Å². The maximum absolute atomic E-state index is 14.1. The molecule has 1 aromatic heterocycles. The summed E-state index contributed by atoms with van der Waals surface area (Å²) in [5, 5.41) is 16.0. The van der Waals surface area contributed by atoms with Gasteiger partial charge in [-0.2, -0.15) is 0 Å². The molecule has 0 spiro atoms. The van der Waals surface area contributed by atoms with E-state index >= 15 is 0 Å². The van der Waals surface area contributed by atoms with E-state index in [1.165, 1.54) is 16.2 Å². The average molecular weight is 613 g/mol. The number of amides is 3. The molecule has 1 aromatic carbocycles. The van der Waals surface area contributed by atoms with Crippen molar-refractivity contribution in [2.24, 2.45) is 5.92 Å². The number of carbonyl (C=O) groups is 4. The number of aromatic nitrogens is 1. The standard InChI is InChI=1S/C31H40N4O7S/c1-18-12-13-21-24(14-18)43-29(33-21)41-20-15-23-25(36)34-31(27(38)39)16-19(31)10-8-6-5-7-9-11-22(26(37)35(23)17-20)32-28(40)42-30(2,3)4/h8,10,12-14,19-20,22-23H,5-7,9,11,15-17H2,1-4H3,(H,32,40)(H,34,36)(H,38,39)/t19-,20-,22+,23+,31-/m1/s1. The van der Waals surface area contributed by atoms with Gasteiger partial charge in [-0.15, -0.1) is 0 Å². The van der Waals surface area contributed by atoms with Crippen LogP contribution >= 0.6 is 11.3 Å². The molecule has 1 saturated carbocycles. The Morgan fingerprint density at radius 3 is 2.74 bits per heavy atom. The third-order valence-electron chi connectivity index (χ3n) is 8.10. The maximum Gasteiger partial charge on any atom is 0.408 e. The number of ether oxygens (including phenoxy) is 2. The highest BCUT2D eigenvalue weighted by atomic mass is 32.1. The van der Waals surface area contributed by atoms with Crippen LogP contribution in [-0.4, -0.2) is 74.7 Å². The molecule has 0 unspecified atom stereocenters. The Kier molecular flexibility index (Phi) is 8.69. The number of allylic oxidation sites excluding steroid dienone is 1. The third kappa shape index (κ3) is 7.11. The molecule has 232 valence electrons. The van der Waals surface area contributed by atoms with Gasteiger partial charge in [0, 0.05) is 12.3 Å². The van der Waals surface area contributed by atoms with Crippen molar-refractivity contribution in [2.75, 3.05) is 6.54 Å². The van der Waals surface area contributed by atoms with Gasteiger partial charge >= 0.3 is 12.1 Å². The van der Waals surface area contributed by atoms with Crippen molar-refractivity contribution in [3.63, 3.8) is 0 Å². The summed E-state index contributed by atoms with van der Waals surface area (Å²) in [6.07, 6.45) is 6.50. The predicted octanol–water partition coefficient (Wildman–Crippen LogP) is 4.33. The van der Waals surface area contributed by atoms with E-state index in [4.69, 9.17) is 9.47 Å². The van der Waals surface area contributed by atoms with E-state index in [-0.39, 0.29) is 18.9 Å². The number of benzene rings is 1. The van der Waals surface area contributed by atoms with E-state index < -0.39 is 53.2 Å². The van der Waals surface area contributed by atoms with Gasteiger partial charge in [0.1, 0.15) is 29.3 Å². The number of aryl methyl sites for hydroxylation is 1. The summed E-state index contributed by atoms with van der Waals surface area (Å²) >= 11 is 1.39. The molecule has 2 fully saturated rings. The Morgan fingerprint density at radius 1 is 1.21 bits per heavy atom. The van der Waals surface area contributed by atoms with Crippen molar-refractivity contribution < 1.29 is 33.8 Å². The SMILES string of the molecule is Cc1ccc2nc(O[C@@H]3C[C@H]4C(=O)N[C@]5(C(=O)O)C[C@H]5C=CCCCCC[C@H](NC(=O)OC(C)(C)C)C(=O)N4C3)sc2c1. The first-order valence-electron chi connectivity index (χ1n) is 14.9. The molecule has 12 heteroatoms. The fraction of sp³-hybridized carbons (Fsp3) is 0.581. The Morgan fingerprint density at radius 2 is 2.00 bits per heavy atom. The highest BCUT2D eigenvalue weighted by Gasteiger charge is 2.61. The van der Waals surface area contributed by atoms with Crippen molar-refractivity contribution in [1.82, 2.24) is 20.5 Å². The van der Waals surface area contributed by atoms with Crippen LogP contribution in [0.5, 0.6) is 5.19 Å². The number of carboxylic acids is 1. The van der Waals surface area contributed by atoms with Crippen LogP contribution < -0.4 is 15.4 Å². The molecule has 1 saturated heterocycles. The van der Waals surface area contributed by atoms with E-state index in [0.29, 0.717) is 24.5 Å². The molecule has 3 heterocycles. The number of hydrogen-bond acceptors (Lipinski definition) is 8. The largest absolute Gasteiger partial charge is 0.479 e. The lowest BCUT2D eigenvalue weighted by molar-refractivity contribution is -0.145. The number of rotatable bonds is 4. The van der Waals surface area contributed by atoms with Gasteiger partial charge in [-0.05, 0) is 71.1 Å². The number of nitrogens with zero attached hydrogens (tertiary/aromatic N) is 2. The molecule has 11 nitrogen and oxygen atoms in total. The normalized spacial score (nSPS) is 28.2. The van der Waals surface area contributed by atoms with Crippen LogP contribution in [0, 0.1) is 12.8 Å². The molecule has 1 aliphatic carbocycles. The van der Waals surface area contributed by atoms with Crippen LogP contribution in [0.25, 0.3) is 10.2 Å². The van der Waals surface area contributed by atoms with Crippen LogP contribution in [0.3, 0.4) is 0 Å². The van der Waals surface area contributed by atoms with Crippen LogP contribution in [-0.2, 0) is 19.1 Å². The molecule has 2 aromatic rings. The van der Waals surface area contributed by atoms with Crippen molar-refractivity contribution >= 4 is 45.4 Å². The highest BCUT2D eigenvalue weighted by Crippen LogP contribution is 2.45. The number of thiazole rings is 1. The second-order valence-corrected chi connectivity index (χ2v) is 13.8. The molecule has 2 aliphatic heterocycles. The molecule has 0 radical (unpaired) electrons. The Labute approximate surface area is 255 Å². The first kappa shape index (κ1) is 30.8. The van der Waals surface area contributed by atoms with E-state index in [0.717, 1.165) is 35.0 Å². The average Bonchev–Trinajstić information content (AvgIpc) is 3.23. The monoisotopic (exact) mass is 612 g/mol. The van der Waals surface area contributed by atoms with Crippen molar-refractivity contribution in [1.29, 1.82) is 0 Å². The number of fused-ring (bicyclic) bond motifs is 3. The summed E-state index contributed by atoms with van der Waals surface area (Å²) in [5.41, 5.74) is -0.262. The number of alkyl carbamates (subject to hydrolysis) is 1. The lowest BCUT2D eigenvalue weighted by Crippen LogP contribution is -2.56.